The molecule has 9 unspecified atom stereocenters. The second-order valence-corrected chi connectivity index (χ2v) is 17.9. The quantitative estimate of drug-likeness (QED) is 0.0396. The molecule has 388 valence electrons. The molecule has 71 heavy (non-hydrogen) atoms. The molecular weight excluding hydrogens is 925 g/mol. The van der Waals surface area contributed by atoms with Crippen molar-refractivity contribution in [1.29, 1.82) is 0 Å². The van der Waals surface area contributed by atoms with Gasteiger partial charge in [0, 0.05) is 32.9 Å². The Balaban J connectivity index is 1.90. The van der Waals surface area contributed by atoms with E-state index in [9.17, 15) is 48.6 Å². The van der Waals surface area contributed by atoms with Gasteiger partial charge in [0.2, 0.25) is 41.4 Å². The minimum absolute atomic E-state index is 0.00855. The number of methoxy groups -OCH3 is 1. The van der Waals surface area contributed by atoms with Gasteiger partial charge in [0.1, 0.15) is 60.4 Å². The number of carbonyl (C=O) groups excluding carboxylic acids is 8. The average molecular weight is 993 g/mol. The summed E-state index contributed by atoms with van der Waals surface area (Å²) >= 11 is 0. The first kappa shape index (κ1) is 56.3. The van der Waals surface area contributed by atoms with Crippen molar-refractivity contribution in [3.05, 3.63) is 65.7 Å². The number of aliphatic hydroxyl groups is 1. The number of piperidine rings is 1. The van der Waals surface area contributed by atoms with Crippen LogP contribution in [0.1, 0.15) is 83.8 Å². The van der Waals surface area contributed by atoms with Crippen LogP contribution < -0.4 is 42.8 Å². The van der Waals surface area contributed by atoms with Crippen molar-refractivity contribution in [2.24, 2.45) is 22.4 Å². The number of esters is 1. The number of fused-ring (bicyclic) bond motifs is 2. The molecule has 2 heterocycles. The molecule has 2 saturated heterocycles. The van der Waals surface area contributed by atoms with E-state index in [1.807, 2.05) is 0 Å². The first-order valence-corrected chi connectivity index (χ1v) is 23.6. The number of likely N-dealkylation sites (N-methyl/N-ethyl adjacent to an activating group) is 1. The Morgan fingerprint density at radius 1 is 0.887 bits per heavy atom. The lowest BCUT2D eigenvalue weighted by atomic mass is 9.95. The average Bonchev–Trinajstić information content (AvgIpc) is 3.32. The molecule has 4 rings (SSSR count). The molecule has 0 aromatic heterocycles. The number of rotatable bonds is 17. The predicted molar refractivity (Wildman–Crippen MR) is 256 cm³/mol. The van der Waals surface area contributed by atoms with Crippen molar-refractivity contribution in [2.45, 2.75) is 140 Å². The Morgan fingerprint density at radius 2 is 1.54 bits per heavy atom. The highest BCUT2D eigenvalue weighted by Crippen LogP contribution is 2.26. The van der Waals surface area contributed by atoms with Crippen LogP contribution >= 0.6 is 0 Å². The van der Waals surface area contributed by atoms with E-state index in [1.165, 1.54) is 21.1 Å². The smallest absolute Gasteiger partial charge is 0.329 e. The molecule has 0 radical (unpaired) electrons. The van der Waals surface area contributed by atoms with E-state index in [4.69, 9.17) is 20.9 Å². The van der Waals surface area contributed by atoms with Crippen LogP contribution in [0.3, 0.4) is 0 Å². The van der Waals surface area contributed by atoms with Gasteiger partial charge in [-0.25, -0.2) is 4.79 Å². The molecule has 0 spiro atoms. The summed E-state index contributed by atoms with van der Waals surface area (Å²) in [6.45, 7) is 6.13. The SMILES string of the molecule is CCCC(=O)NC(CC(=O)O)C(=O)NC1C(=O)NC(CCCN=C(N)N)C(=O)NC2CCC(O)N(C2=O)C(Cc2ccccc2)C(=O)N(C)C(Cc2ccc(OC)cc2)C(=O)NC(C(C)C)C(=O)OC1C. The minimum atomic E-state index is -1.88. The monoisotopic (exact) mass is 992 g/mol. The molecule has 23 nitrogen and oxygen atoms in total. The summed E-state index contributed by atoms with van der Waals surface area (Å²) in [5.41, 5.74) is 12.2. The highest BCUT2D eigenvalue weighted by atomic mass is 16.5. The Morgan fingerprint density at radius 3 is 2.14 bits per heavy atom. The lowest BCUT2D eigenvalue weighted by Crippen LogP contribution is -2.65. The number of aliphatic hydroxyl groups excluding tert-OH is 1. The summed E-state index contributed by atoms with van der Waals surface area (Å²) in [6, 6.07) is 4.65. The number of nitrogens with one attached hydrogen (secondary N) is 5. The summed E-state index contributed by atoms with van der Waals surface area (Å²) in [5, 5.41) is 33.9. The molecule has 0 aliphatic carbocycles. The van der Waals surface area contributed by atoms with Crippen LogP contribution in [0.5, 0.6) is 5.75 Å². The number of carbonyl (C=O) groups is 9. The van der Waals surface area contributed by atoms with Crippen LogP contribution in [0.4, 0.5) is 0 Å². The van der Waals surface area contributed by atoms with Crippen LogP contribution in [-0.4, -0.2) is 155 Å². The number of amides is 7. The van der Waals surface area contributed by atoms with E-state index in [0.29, 0.717) is 23.3 Å². The van der Waals surface area contributed by atoms with Gasteiger partial charge in [-0.1, -0.05) is 63.2 Å². The summed E-state index contributed by atoms with van der Waals surface area (Å²) in [5.74, 6) is -9.22. The fourth-order valence-corrected chi connectivity index (χ4v) is 8.23. The summed E-state index contributed by atoms with van der Waals surface area (Å²) in [7, 11) is 2.84. The fraction of sp³-hybridized carbons (Fsp3) is 0.542. The van der Waals surface area contributed by atoms with Gasteiger partial charge in [-0.3, -0.25) is 43.3 Å². The Hall–Kier alpha value is -7.30. The van der Waals surface area contributed by atoms with Crippen molar-refractivity contribution < 1.29 is 62.8 Å². The predicted octanol–water partition coefficient (Wildman–Crippen LogP) is -1.03. The van der Waals surface area contributed by atoms with Gasteiger partial charge in [0.25, 0.3) is 0 Å². The van der Waals surface area contributed by atoms with Crippen molar-refractivity contribution >= 4 is 59.2 Å². The van der Waals surface area contributed by atoms with Crippen molar-refractivity contribution in [3.8, 4) is 5.75 Å². The molecule has 2 aliphatic rings. The normalized spacial score (nSPS) is 24.2. The number of aliphatic carboxylic acids is 1. The zero-order valence-corrected chi connectivity index (χ0v) is 40.9. The van der Waals surface area contributed by atoms with E-state index in [-0.39, 0.29) is 57.5 Å². The number of carboxylic acids is 1. The molecule has 2 aromatic carbocycles. The van der Waals surface area contributed by atoms with E-state index < -0.39 is 120 Å². The molecule has 0 saturated carbocycles. The number of ether oxygens (including phenoxy) is 2. The number of guanidine groups is 1. The Labute approximate surface area is 412 Å². The summed E-state index contributed by atoms with van der Waals surface area (Å²) in [6.07, 6.45) is -4.27. The highest BCUT2D eigenvalue weighted by molar-refractivity contribution is 5.99. The zero-order valence-electron chi connectivity index (χ0n) is 40.9. The molecule has 9 atom stereocenters. The van der Waals surface area contributed by atoms with E-state index >= 15 is 4.79 Å². The second kappa shape index (κ2) is 26.6. The lowest BCUT2D eigenvalue weighted by Gasteiger charge is -2.43. The molecule has 2 aromatic rings. The molecule has 23 heteroatoms. The number of aliphatic imine (C=N–C) groups is 1. The highest BCUT2D eigenvalue weighted by Gasteiger charge is 2.46. The number of hydrogen-bond donors (Lipinski definition) is 9. The maximum atomic E-state index is 15.1. The van der Waals surface area contributed by atoms with Gasteiger partial charge in [0.15, 0.2) is 5.96 Å². The van der Waals surface area contributed by atoms with Gasteiger partial charge in [-0.05, 0) is 68.2 Å². The zero-order chi connectivity index (χ0) is 52.5. The van der Waals surface area contributed by atoms with E-state index in [2.05, 4.69) is 31.6 Å². The van der Waals surface area contributed by atoms with Crippen LogP contribution in [0.25, 0.3) is 0 Å². The Bertz CT molecular complexity index is 2240. The number of hydrogen-bond acceptors (Lipinski definition) is 13. The first-order valence-electron chi connectivity index (χ1n) is 23.6. The molecular formula is C48H68N10O13. The van der Waals surface area contributed by atoms with Crippen molar-refractivity contribution in [2.75, 3.05) is 20.7 Å². The van der Waals surface area contributed by atoms with Gasteiger partial charge >= 0.3 is 11.9 Å². The number of nitrogens with two attached hydrogens (primary N) is 2. The van der Waals surface area contributed by atoms with Gasteiger partial charge in [-0.2, -0.15) is 0 Å². The maximum Gasteiger partial charge on any atom is 0.329 e. The number of nitrogens with zero attached hydrogens (tertiary/aromatic N) is 3. The molecule has 2 bridgehead atoms. The van der Waals surface area contributed by atoms with Crippen LogP contribution in [0.2, 0.25) is 0 Å². The van der Waals surface area contributed by atoms with Crippen molar-refractivity contribution in [1.82, 2.24) is 36.4 Å². The molecule has 2 aliphatic heterocycles. The summed E-state index contributed by atoms with van der Waals surface area (Å²) < 4.78 is 11.1. The number of cyclic esters (lactones) is 1. The minimum Gasteiger partial charge on any atom is -0.497 e. The van der Waals surface area contributed by atoms with Crippen molar-refractivity contribution in [3.63, 3.8) is 0 Å². The van der Waals surface area contributed by atoms with Gasteiger partial charge < -0.3 is 67.5 Å². The van der Waals surface area contributed by atoms with Crippen LogP contribution in [-0.2, 0) is 60.7 Å². The van der Waals surface area contributed by atoms with E-state index in [0.717, 1.165) is 9.80 Å². The molecule has 7 amide bonds. The lowest BCUT2D eigenvalue weighted by molar-refractivity contribution is -0.165. The molecule has 2 fully saturated rings. The third-order valence-corrected chi connectivity index (χ3v) is 12.2. The van der Waals surface area contributed by atoms with Crippen LogP contribution in [0.15, 0.2) is 59.6 Å². The standard InChI is InChI=1S/C48H68N10O13/c1-7-12-36(59)52-33(25-38(61)62)42(64)56-40-27(4)71-47(69)39(26(2)3)55-43(65)34(23-29-16-18-30(70-6)19-17-29)57(5)46(68)35(24-28-13-9-8-10-14-28)58-37(60)21-20-32(45(58)67)54-41(63)31(53-44(40)66)15-11-22-51-48(49)50/h8-10,13-14,16-19,26-27,31-35,37,39-40,60H,7,11-12,15,20-25H2,1-6H3,(H,52,59)(H,53,66)(H,54,63)(H,55,65)(H,56,64)(H,61,62)(H4,49,50,51). The number of benzene rings is 2. The Kier molecular flexibility index (Phi) is 21.1. The fourth-order valence-electron chi connectivity index (χ4n) is 8.23. The van der Waals surface area contributed by atoms with E-state index in [1.54, 1.807) is 75.4 Å². The largest absolute Gasteiger partial charge is 0.497 e. The molecule has 11 N–H and O–H groups in total. The second-order valence-electron chi connectivity index (χ2n) is 17.9. The topological polar surface area (TPSA) is 344 Å². The first-order chi connectivity index (χ1) is 33.6. The summed E-state index contributed by atoms with van der Waals surface area (Å²) in [4.78, 5) is 132. The third-order valence-electron chi connectivity index (χ3n) is 12.2. The van der Waals surface area contributed by atoms with Crippen LogP contribution in [0, 0.1) is 5.92 Å². The van der Waals surface area contributed by atoms with Gasteiger partial charge in [-0.15, -0.1) is 0 Å². The number of carboxylic acid groups (broad SMARTS) is 1. The van der Waals surface area contributed by atoms with Gasteiger partial charge in [0.05, 0.1) is 13.5 Å². The maximum absolute atomic E-state index is 15.1. The third kappa shape index (κ3) is 16.1.